The molecule has 66 valence electrons. The van der Waals surface area contributed by atoms with Crippen LogP contribution in [0.15, 0.2) is 36.5 Å². The fourth-order valence-corrected chi connectivity index (χ4v) is 0.877. The number of aldehydes is 1. The summed E-state index contributed by atoms with van der Waals surface area (Å²) in [5.41, 5.74) is 6.48. The molecule has 0 aliphatic rings. The van der Waals surface area contributed by atoms with Gasteiger partial charge in [0.2, 0.25) is 0 Å². The number of carbonyl (C=O) groups excluding carboxylic acids is 1. The van der Waals surface area contributed by atoms with Crippen molar-refractivity contribution in [1.82, 2.24) is 0 Å². The predicted octanol–water partition coefficient (Wildman–Crippen LogP) is 1.59. The first kappa shape index (κ1) is 10.8. The largest absolute Gasteiger partial charge is 0.321 e. The van der Waals surface area contributed by atoms with Crippen LogP contribution in [0.3, 0.4) is 0 Å². The summed E-state index contributed by atoms with van der Waals surface area (Å²) in [4.78, 5) is 10.2. The van der Waals surface area contributed by atoms with Gasteiger partial charge in [-0.25, -0.2) is 0 Å². The molecule has 2 N–H and O–H groups in total. The van der Waals surface area contributed by atoms with Crippen LogP contribution in [0.25, 0.3) is 0 Å². The lowest BCUT2D eigenvalue weighted by atomic mass is 10.1. The third-order valence-electron chi connectivity index (χ3n) is 1.36. The van der Waals surface area contributed by atoms with E-state index in [1.165, 1.54) is 0 Å². The molecule has 0 bridgehead atoms. The average molecular weight is 165 g/mol. The zero-order chi connectivity index (χ0) is 9.40. The molecule has 0 rings (SSSR count). The van der Waals surface area contributed by atoms with E-state index in [2.05, 4.69) is 6.58 Å². The molecule has 0 heterocycles. The van der Waals surface area contributed by atoms with E-state index in [4.69, 9.17) is 5.73 Å². The first-order valence-corrected chi connectivity index (χ1v) is 3.89. The number of rotatable bonds is 5. The van der Waals surface area contributed by atoms with Gasteiger partial charge >= 0.3 is 0 Å². The normalized spacial score (nSPS) is 14.7. The van der Waals surface area contributed by atoms with Crippen LogP contribution in [-0.4, -0.2) is 12.3 Å². The number of allylic oxidation sites excluding steroid dienone is 4. The first-order chi connectivity index (χ1) is 5.74. The van der Waals surface area contributed by atoms with E-state index in [1.807, 2.05) is 25.2 Å². The van der Waals surface area contributed by atoms with E-state index < -0.39 is 6.04 Å². The van der Waals surface area contributed by atoms with Gasteiger partial charge in [-0.15, -0.1) is 0 Å². The van der Waals surface area contributed by atoms with Gasteiger partial charge in [0.05, 0.1) is 6.04 Å². The highest BCUT2D eigenvalue weighted by Crippen LogP contribution is 2.05. The molecule has 0 aliphatic heterocycles. The van der Waals surface area contributed by atoms with Crippen LogP contribution in [0, 0.1) is 0 Å². The Morgan fingerprint density at radius 1 is 1.67 bits per heavy atom. The van der Waals surface area contributed by atoms with E-state index in [1.54, 1.807) is 6.08 Å². The number of nitrogens with two attached hydrogens (primary N) is 1. The van der Waals surface area contributed by atoms with E-state index in [0.29, 0.717) is 6.42 Å². The molecule has 0 aromatic carbocycles. The molecule has 2 heteroatoms. The average Bonchev–Trinajstić information content (AvgIpc) is 2.05. The second kappa shape index (κ2) is 6.55. The molecule has 0 amide bonds. The molecule has 2 nitrogen and oxygen atoms in total. The smallest absolute Gasteiger partial charge is 0.137 e. The summed E-state index contributed by atoms with van der Waals surface area (Å²) in [6.45, 7) is 5.50. The molecule has 0 radical (unpaired) electrons. The molecule has 1 atom stereocenters. The summed E-state index contributed by atoms with van der Waals surface area (Å²) in [5.74, 6) is 0. The lowest BCUT2D eigenvalue weighted by Crippen LogP contribution is -2.21. The summed E-state index contributed by atoms with van der Waals surface area (Å²) >= 11 is 0. The van der Waals surface area contributed by atoms with E-state index in [-0.39, 0.29) is 0 Å². The first-order valence-electron chi connectivity index (χ1n) is 3.89. The van der Waals surface area contributed by atoms with Crippen LogP contribution >= 0.6 is 0 Å². The van der Waals surface area contributed by atoms with Crippen molar-refractivity contribution in [3.8, 4) is 0 Å². The topological polar surface area (TPSA) is 43.1 Å². The maximum absolute atomic E-state index is 10.2. The minimum atomic E-state index is -0.410. The molecule has 0 aromatic heterocycles. The Kier molecular flexibility index (Phi) is 5.93. The number of hydrogen-bond donors (Lipinski definition) is 1. The van der Waals surface area contributed by atoms with Gasteiger partial charge in [0.25, 0.3) is 0 Å². The summed E-state index contributed by atoms with van der Waals surface area (Å²) in [5, 5.41) is 0. The van der Waals surface area contributed by atoms with E-state index in [9.17, 15) is 4.79 Å². The lowest BCUT2D eigenvalue weighted by Gasteiger charge is -2.03. The van der Waals surface area contributed by atoms with Gasteiger partial charge in [-0.05, 0) is 18.9 Å². The second-order valence-corrected chi connectivity index (χ2v) is 2.48. The van der Waals surface area contributed by atoms with Crippen molar-refractivity contribution in [1.29, 1.82) is 0 Å². The van der Waals surface area contributed by atoms with E-state index >= 15 is 0 Å². The van der Waals surface area contributed by atoms with Crippen molar-refractivity contribution in [2.45, 2.75) is 19.4 Å². The molecule has 12 heavy (non-hydrogen) atoms. The Balaban J connectivity index is 4.22. The van der Waals surface area contributed by atoms with Gasteiger partial charge in [0.1, 0.15) is 6.29 Å². The zero-order valence-electron chi connectivity index (χ0n) is 7.36. The molecule has 0 aromatic rings. The second-order valence-electron chi connectivity index (χ2n) is 2.48. The molecule has 0 spiro atoms. The van der Waals surface area contributed by atoms with Gasteiger partial charge < -0.3 is 10.5 Å². The van der Waals surface area contributed by atoms with E-state index in [0.717, 1.165) is 11.9 Å². The third kappa shape index (κ3) is 4.63. The van der Waals surface area contributed by atoms with Crippen molar-refractivity contribution < 1.29 is 4.79 Å². The minimum Gasteiger partial charge on any atom is -0.321 e. The fraction of sp³-hybridized carbons (Fsp3) is 0.300. The molecule has 0 saturated carbocycles. The van der Waals surface area contributed by atoms with Crippen molar-refractivity contribution in [3.05, 3.63) is 36.5 Å². The third-order valence-corrected chi connectivity index (χ3v) is 1.36. The molecular formula is C10H15NO. The molecule has 0 saturated heterocycles. The maximum atomic E-state index is 10.2. The predicted molar refractivity (Wildman–Crippen MR) is 51.8 cm³/mol. The monoisotopic (exact) mass is 165 g/mol. The Morgan fingerprint density at radius 3 is 2.75 bits per heavy atom. The standard InChI is InChI=1S/C10H15NO/c1-3-5-9(6-4-2)7-10(11)8-12/h3-6,8,10H,1,7,11H2,2H3/b6-4-,9-5+. The van der Waals surface area contributed by atoms with Crippen molar-refractivity contribution in [3.63, 3.8) is 0 Å². The highest BCUT2D eigenvalue weighted by molar-refractivity contribution is 5.58. The van der Waals surface area contributed by atoms with Crippen LogP contribution in [-0.2, 0) is 4.79 Å². The Morgan fingerprint density at radius 2 is 2.33 bits per heavy atom. The van der Waals surface area contributed by atoms with Crippen LogP contribution in [0.2, 0.25) is 0 Å². The highest BCUT2D eigenvalue weighted by atomic mass is 16.1. The van der Waals surface area contributed by atoms with Crippen molar-refractivity contribution in [2.75, 3.05) is 0 Å². The van der Waals surface area contributed by atoms with Gasteiger partial charge in [-0.3, -0.25) is 0 Å². The molecule has 0 aliphatic carbocycles. The summed E-state index contributed by atoms with van der Waals surface area (Å²) < 4.78 is 0. The van der Waals surface area contributed by atoms with Gasteiger partial charge in [-0.1, -0.05) is 30.9 Å². The summed E-state index contributed by atoms with van der Waals surface area (Å²) in [6.07, 6.45) is 8.69. The van der Waals surface area contributed by atoms with Crippen molar-refractivity contribution in [2.24, 2.45) is 5.73 Å². The quantitative estimate of drug-likeness (QED) is 0.496. The summed E-state index contributed by atoms with van der Waals surface area (Å²) in [6, 6.07) is -0.410. The van der Waals surface area contributed by atoms with Crippen LogP contribution in [0.4, 0.5) is 0 Å². The summed E-state index contributed by atoms with van der Waals surface area (Å²) in [7, 11) is 0. The zero-order valence-corrected chi connectivity index (χ0v) is 7.36. The Hall–Kier alpha value is -1.15. The number of carbonyl (C=O) groups is 1. The maximum Gasteiger partial charge on any atom is 0.137 e. The van der Waals surface area contributed by atoms with Gasteiger partial charge in [0.15, 0.2) is 0 Å². The lowest BCUT2D eigenvalue weighted by molar-refractivity contribution is -0.108. The SMILES string of the molecule is C=C/C=C(\C=C/C)CC(N)C=O. The van der Waals surface area contributed by atoms with Crippen LogP contribution in [0.1, 0.15) is 13.3 Å². The highest BCUT2D eigenvalue weighted by Gasteiger charge is 2.00. The van der Waals surface area contributed by atoms with Crippen LogP contribution < -0.4 is 5.73 Å². The van der Waals surface area contributed by atoms with Crippen molar-refractivity contribution >= 4 is 6.29 Å². The Bertz CT molecular complexity index is 204. The minimum absolute atomic E-state index is 0.410. The fourth-order valence-electron chi connectivity index (χ4n) is 0.877. The number of hydrogen-bond acceptors (Lipinski definition) is 2. The molecule has 1 unspecified atom stereocenters. The van der Waals surface area contributed by atoms with Crippen LogP contribution in [0.5, 0.6) is 0 Å². The molecular weight excluding hydrogens is 150 g/mol. The Labute approximate surface area is 73.5 Å². The van der Waals surface area contributed by atoms with Gasteiger partial charge in [-0.2, -0.15) is 0 Å². The van der Waals surface area contributed by atoms with Gasteiger partial charge in [0, 0.05) is 0 Å². The molecule has 0 fully saturated rings.